The molecule has 0 aromatic heterocycles. The SMILES string of the molecule is C=CC[C@H](C)[C@@H](C)N1CCN(CC(=O)N2CCOCC2)CC1. The minimum Gasteiger partial charge on any atom is -0.378 e. The van der Waals surface area contributed by atoms with E-state index in [4.69, 9.17) is 4.74 Å². The normalized spacial score (nSPS) is 24.0. The fraction of sp³-hybridized carbons (Fsp3) is 0.824. The first-order chi connectivity index (χ1) is 10.6. The highest BCUT2D eigenvalue weighted by Crippen LogP contribution is 2.17. The molecular formula is C17H31N3O2. The fourth-order valence-corrected chi connectivity index (χ4v) is 3.25. The summed E-state index contributed by atoms with van der Waals surface area (Å²) in [6.07, 6.45) is 3.08. The summed E-state index contributed by atoms with van der Waals surface area (Å²) < 4.78 is 5.30. The topological polar surface area (TPSA) is 36.0 Å². The smallest absolute Gasteiger partial charge is 0.236 e. The van der Waals surface area contributed by atoms with Gasteiger partial charge in [-0.3, -0.25) is 14.6 Å². The molecule has 0 N–H and O–H groups in total. The molecular weight excluding hydrogens is 278 g/mol. The summed E-state index contributed by atoms with van der Waals surface area (Å²) in [7, 11) is 0. The van der Waals surface area contributed by atoms with E-state index in [2.05, 4.69) is 30.2 Å². The van der Waals surface area contributed by atoms with Crippen molar-refractivity contribution in [1.82, 2.24) is 14.7 Å². The number of carbonyl (C=O) groups excluding carboxylic acids is 1. The molecule has 22 heavy (non-hydrogen) atoms. The molecule has 0 radical (unpaired) electrons. The third-order valence-electron chi connectivity index (χ3n) is 5.07. The Hall–Kier alpha value is -0.910. The highest BCUT2D eigenvalue weighted by Gasteiger charge is 2.26. The summed E-state index contributed by atoms with van der Waals surface area (Å²) >= 11 is 0. The standard InChI is InChI=1S/C17H31N3O2/c1-4-5-15(2)16(3)19-8-6-18(7-9-19)14-17(21)20-10-12-22-13-11-20/h4,15-16H,1,5-14H2,2-3H3/t15-,16+/m0/s1. The van der Waals surface area contributed by atoms with Gasteiger partial charge < -0.3 is 9.64 Å². The van der Waals surface area contributed by atoms with Gasteiger partial charge in [-0.25, -0.2) is 0 Å². The first kappa shape index (κ1) is 17.4. The lowest BCUT2D eigenvalue weighted by Gasteiger charge is -2.40. The molecule has 2 aliphatic heterocycles. The summed E-state index contributed by atoms with van der Waals surface area (Å²) in [6.45, 7) is 15.9. The summed E-state index contributed by atoms with van der Waals surface area (Å²) in [6, 6.07) is 0.579. The lowest BCUT2D eigenvalue weighted by molar-refractivity contribution is -0.137. The van der Waals surface area contributed by atoms with Gasteiger partial charge in [-0.1, -0.05) is 13.0 Å². The van der Waals surface area contributed by atoms with E-state index in [1.165, 1.54) is 0 Å². The third-order valence-corrected chi connectivity index (χ3v) is 5.07. The highest BCUT2D eigenvalue weighted by atomic mass is 16.5. The molecule has 5 heteroatoms. The van der Waals surface area contributed by atoms with Crippen molar-refractivity contribution in [3.63, 3.8) is 0 Å². The Balaban J connectivity index is 1.72. The van der Waals surface area contributed by atoms with Gasteiger partial charge in [-0.2, -0.15) is 0 Å². The second-order valence-corrected chi connectivity index (χ2v) is 6.55. The predicted molar refractivity (Wildman–Crippen MR) is 88.9 cm³/mol. The summed E-state index contributed by atoms with van der Waals surface area (Å²) in [5.41, 5.74) is 0. The van der Waals surface area contributed by atoms with Gasteiger partial charge in [0.15, 0.2) is 0 Å². The number of carbonyl (C=O) groups is 1. The number of allylic oxidation sites excluding steroid dienone is 1. The molecule has 2 heterocycles. The second-order valence-electron chi connectivity index (χ2n) is 6.55. The van der Waals surface area contributed by atoms with Crippen LogP contribution in [0.25, 0.3) is 0 Å². The molecule has 1 amide bonds. The predicted octanol–water partition coefficient (Wildman–Crippen LogP) is 1.06. The third kappa shape index (κ3) is 4.80. The van der Waals surface area contributed by atoms with Gasteiger partial charge in [0.2, 0.25) is 5.91 Å². The average Bonchev–Trinajstić information content (AvgIpc) is 2.56. The van der Waals surface area contributed by atoms with E-state index >= 15 is 0 Å². The number of hydrogen-bond donors (Lipinski definition) is 0. The number of piperazine rings is 1. The van der Waals surface area contributed by atoms with E-state index in [0.29, 0.717) is 31.7 Å². The molecule has 0 aliphatic carbocycles. The molecule has 2 saturated heterocycles. The molecule has 2 rings (SSSR count). The van der Waals surface area contributed by atoms with E-state index < -0.39 is 0 Å². The van der Waals surface area contributed by atoms with Crippen molar-refractivity contribution < 1.29 is 9.53 Å². The van der Waals surface area contributed by atoms with E-state index in [0.717, 1.165) is 45.7 Å². The molecule has 2 atom stereocenters. The van der Waals surface area contributed by atoms with Crippen molar-refractivity contribution in [2.75, 3.05) is 59.0 Å². The summed E-state index contributed by atoms with van der Waals surface area (Å²) in [4.78, 5) is 19.1. The van der Waals surface area contributed by atoms with Crippen LogP contribution in [0.3, 0.4) is 0 Å². The van der Waals surface area contributed by atoms with Gasteiger partial charge in [0.1, 0.15) is 0 Å². The lowest BCUT2D eigenvalue weighted by atomic mass is 9.98. The number of morpholine rings is 1. The first-order valence-corrected chi connectivity index (χ1v) is 8.54. The summed E-state index contributed by atoms with van der Waals surface area (Å²) in [5.74, 6) is 0.892. The van der Waals surface area contributed by atoms with Crippen LogP contribution in [0, 0.1) is 5.92 Å². The molecule has 0 unspecified atom stereocenters. The molecule has 126 valence electrons. The lowest BCUT2D eigenvalue weighted by Crippen LogP contribution is -2.54. The average molecular weight is 309 g/mol. The zero-order valence-corrected chi connectivity index (χ0v) is 14.2. The van der Waals surface area contributed by atoms with Crippen molar-refractivity contribution in [1.29, 1.82) is 0 Å². The molecule has 0 saturated carbocycles. The van der Waals surface area contributed by atoms with Crippen molar-refractivity contribution in [2.45, 2.75) is 26.3 Å². The molecule has 0 spiro atoms. The quantitative estimate of drug-likeness (QED) is 0.688. The van der Waals surface area contributed by atoms with Crippen molar-refractivity contribution in [2.24, 2.45) is 5.92 Å². The molecule has 2 aliphatic rings. The maximum atomic E-state index is 12.3. The fourth-order valence-electron chi connectivity index (χ4n) is 3.25. The van der Waals surface area contributed by atoms with Gasteiger partial charge in [0.05, 0.1) is 19.8 Å². The van der Waals surface area contributed by atoms with E-state index in [1.54, 1.807) is 0 Å². The number of ether oxygens (including phenoxy) is 1. The first-order valence-electron chi connectivity index (χ1n) is 8.54. The number of rotatable bonds is 6. The Labute approximate surface area is 134 Å². The Morgan fingerprint density at radius 3 is 2.36 bits per heavy atom. The zero-order valence-electron chi connectivity index (χ0n) is 14.2. The van der Waals surface area contributed by atoms with Gasteiger partial charge in [-0.05, 0) is 19.3 Å². The van der Waals surface area contributed by atoms with Crippen LogP contribution >= 0.6 is 0 Å². The van der Waals surface area contributed by atoms with Crippen LogP contribution in [-0.4, -0.2) is 85.7 Å². The Kier molecular flexibility index (Phi) is 6.86. The zero-order chi connectivity index (χ0) is 15.9. The minimum atomic E-state index is 0.254. The maximum absolute atomic E-state index is 12.3. The van der Waals surface area contributed by atoms with Crippen LogP contribution in [0.5, 0.6) is 0 Å². The minimum absolute atomic E-state index is 0.254. The van der Waals surface area contributed by atoms with E-state index in [9.17, 15) is 4.79 Å². The molecule has 2 fully saturated rings. The van der Waals surface area contributed by atoms with Crippen LogP contribution in [0.2, 0.25) is 0 Å². The van der Waals surface area contributed by atoms with Crippen molar-refractivity contribution in [3.8, 4) is 0 Å². The van der Waals surface area contributed by atoms with Crippen LogP contribution < -0.4 is 0 Å². The van der Waals surface area contributed by atoms with Crippen LogP contribution in [-0.2, 0) is 9.53 Å². The highest BCUT2D eigenvalue weighted by molar-refractivity contribution is 5.78. The van der Waals surface area contributed by atoms with Gasteiger partial charge in [0, 0.05) is 45.3 Å². The Morgan fingerprint density at radius 2 is 1.77 bits per heavy atom. The van der Waals surface area contributed by atoms with Crippen LogP contribution in [0.1, 0.15) is 20.3 Å². The van der Waals surface area contributed by atoms with Crippen molar-refractivity contribution in [3.05, 3.63) is 12.7 Å². The molecule has 0 bridgehead atoms. The molecule has 5 nitrogen and oxygen atoms in total. The second kappa shape index (κ2) is 8.65. The molecule has 0 aromatic carbocycles. The largest absolute Gasteiger partial charge is 0.378 e. The van der Waals surface area contributed by atoms with Crippen LogP contribution in [0.4, 0.5) is 0 Å². The van der Waals surface area contributed by atoms with E-state index in [-0.39, 0.29) is 5.91 Å². The Bertz CT molecular complexity index is 361. The number of hydrogen-bond acceptors (Lipinski definition) is 4. The molecule has 0 aromatic rings. The maximum Gasteiger partial charge on any atom is 0.236 e. The van der Waals surface area contributed by atoms with Crippen LogP contribution in [0.15, 0.2) is 12.7 Å². The number of nitrogens with zero attached hydrogens (tertiary/aromatic N) is 3. The monoisotopic (exact) mass is 309 g/mol. The van der Waals surface area contributed by atoms with Gasteiger partial charge in [-0.15, -0.1) is 6.58 Å². The van der Waals surface area contributed by atoms with Gasteiger partial charge >= 0.3 is 0 Å². The number of amides is 1. The van der Waals surface area contributed by atoms with E-state index in [1.807, 2.05) is 11.0 Å². The summed E-state index contributed by atoms with van der Waals surface area (Å²) in [5, 5.41) is 0. The Morgan fingerprint density at radius 1 is 1.14 bits per heavy atom. The van der Waals surface area contributed by atoms with Gasteiger partial charge in [0.25, 0.3) is 0 Å². The van der Waals surface area contributed by atoms with Crippen molar-refractivity contribution >= 4 is 5.91 Å².